The van der Waals surface area contributed by atoms with Crippen molar-refractivity contribution in [2.75, 3.05) is 0 Å². The zero-order valence-corrected chi connectivity index (χ0v) is 16.3. The second-order valence-corrected chi connectivity index (χ2v) is 7.11. The molecule has 0 fully saturated rings. The van der Waals surface area contributed by atoms with Crippen molar-refractivity contribution in [3.63, 3.8) is 0 Å². The van der Waals surface area contributed by atoms with E-state index in [1.165, 1.54) is 0 Å². The molecule has 0 saturated heterocycles. The van der Waals surface area contributed by atoms with Crippen LogP contribution in [0.5, 0.6) is 0 Å². The number of aliphatic hydroxyl groups is 1. The molecule has 0 aliphatic carbocycles. The zero-order valence-electron chi connectivity index (χ0n) is 15.4. The van der Waals surface area contributed by atoms with E-state index in [0.29, 0.717) is 15.8 Å². The molecule has 0 aliphatic heterocycles. The van der Waals surface area contributed by atoms with Crippen LogP contribution in [0.3, 0.4) is 0 Å². The molecule has 3 aromatic rings. The molecule has 3 unspecified atom stereocenters. The summed E-state index contributed by atoms with van der Waals surface area (Å²) in [6.45, 7) is 3.81. The van der Waals surface area contributed by atoms with Crippen LogP contribution < -0.4 is 0 Å². The summed E-state index contributed by atoms with van der Waals surface area (Å²) in [5, 5.41) is 10.9. The van der Waals surface area contributed by atoms with Gasteiger partial charge in [-0.15, -0.1) is 0 Å². The molecule has 3 rings (SSSR count). The summed E-state index contributed by atoms with van der Waals surface area (Å²) in [5.41, 5.74) is 2.33. The predicted molar refractivity (Wildman–Crippen MR) is 110 cm³/mol. The van der Waals surface area contributed by atoms with E-state index in [1.54, 1.807) is 25.1 Å². The standard InChI is InChI=1S/C23H23NO2S/c1-16(21(25)19-12-7-4-8-13-19)22(26)20-14-9-15-24(23(20)27)17(2)18-10-5-3-6-11-18/h3-17,22,26H,1-2H3. The van der Waals surface area contributed by atoms with Crippen molar-refractivity contribution in [3.05, 3.63) is 100 Å². The topological polar surface area (TPSA) is 42.2 Å². The molecule has 0 aliphatic rings. The van der Waals surface area contributed by atoms with E-state index in [4.69, 9.17) is 12.2 Å². The molecular weight excluding hydrogens is 354 g/mol. The highest BCUT2D eigenvalue weighted by atomic mass is 32.1. The Bertz CT molecular complexity index is 966. The fraction of sp³-hybridized carbons (Fsp3) is 0.217. The molecule has 0 bridgehead atoms. The second kappa shape index (κ2) is 8.42. The highest BCUT2D eigenvalue weighted by Gasteiger charge is 2.26. The normalized spacial score (nSPS) is 14.3. The SMILES string of the molecule is CC(C(=O)c1ccccc1)C(O)c1cccn(C(C)c2ccccc2)c1=S. The number of ketones is 1. The van der Waals surface area contributed by atoms with Crippen molar-refractivity contribution in [1.29, 1.82) is 0 Å². The van der Waals surface area contributed by atoms with E-state index in [-0.39, 0.29) is 11.8 Å². The number of Topliss-reactive ketones (excluding diaryl/α,β-unsaturated/α-hetero) is 1. The lowest BCUT2D eigenvalue weighted by Crippen LogP contribution is -2.21. The lowest BCUT2D eigenvalue weighted by atomic mass is 9.91. The Morgan fingerprint density at radius 3 is 2.15 bits per heavy atom. The highest BCUT2D eigenvalue weighted by molar-refractivity contribution is 7.71. The first-order valence-electron chi connectivity index (χ1n) is 9.04. The second-order valence-electron chi connectivity index (χ2n) is 6.73. The van der Waals surface area contributed by atoms with Crippen molar-refractivity contribution in [2.45, 2.75) is 26.0 Å². The first kappa shape index (κ1) is 19.2. The van der Waals surface area contributed by atoms with Crippen LogP contribution >= 0.6 is 12.2 Å². The van der Waals surface area contributed by atoms with Crippen LogP contribution in [0, 0.1) is 10.6 Å². The van der Waals surface area contributed by atoms with Crippen molar-refractivity contribution < 1.29 is 9.90 Å². The summed E-state index contributed by atoms with van der Waals surface area (Å²) < 4.78 is 2.51. The van der Waals surface area contributed by atoms with Crippen molar-refractivity contribution in [2.24, 2.45) is 5.92 Å². The Hall–Kier alpha value is -2.56. The predicted octanol–water partition coefficient (Wildman–Crippen LogP) is 5.38. The first-order valence-corrected chi connectivity index (χ1v) is 9.45. The monoisotopic (exact) mass is 377 g/mol. The number of hydrogen-bond donors (Lipinski definition) is 1. The number of hydrogen-bond acceptors (Lipinski definition) is 3. The van der Waals surface area contributed by atoms with E-state index in [0.717, 1.165) is 5.56 Å². The van der Waals surface area contributed by atoms with Crippen LogP contribution in [0.2, 0.25) is 0 Å². The summed E-state index contributed by atoms with van der Waals surface area (Å²) in [4.78, 5) is 12.7. The number of aliphatic hydroxyl groups excluding tert-OH is 1. The van der Waals surface area contributed by atoms with Gasteiger partial charge in [-0.3, -0.25) is 4.79 Å². The van der Waals surface area contributed by atoms with Crippen LogP contribution in [-0.2, 0) is 0 Å². The van der Waals surface area contributed by atoms with Gasteiger partial charge in [0.25, 0.3) is 0 Å². The molecule has 1 N–H and O–H groups in total. The van der Waals surface area contributed by atoms with Gasteiger partial charge in [-0.25, -0.2) is 0 Å². The Labute approximate surface area is 164 Å². The molecule has 3 nitrogen and oxygen atoms in total. The van der Waals surface area contributed by atoms with Crippen LogP contribution in [0.4, 0.5) is 0 Å². The van der Waals surface area contributed by atoms with E-state index < -0.39 is 12.0 Å². The first-order chi connectivity index (χ1) is 13.0. The number of benzene rings is 2. The maximum atomic E-state index is 12.7. The van der Waals surface area contributed by atoms with Crippen LogP contribution in [0.15, 0.2) is 79.0 Å². The van der Waals surface area contributed by atoms with Gasteiger partial charge < -0.3 is 9.67 Å². The Balaban J connectivity index is 1.91. The van der Waals surface area contributed by atoms with Gasteiger partial charge >= 0.3 is 0 Å². The van der Waals surface area contributed by atoms with E-state index in [2.05, 4.69) is 19.1 Å². The van der Waals surface area contributed by atoms with Crippen LogP contribution in [-0.4, -0.2) is 15.5 Å². The third kappa shape index (κ3) is 4.07. The zero-order chi connectivity index (χ0) is 19.4. The molecule has 1 heterocycles. The lowest BCUT2D eigenvalue weighted by molar-refractivity contribution is 0.0710. The Morgan fingerprint density at radius 2 is 1.52 bits per heavy atom. The largest absolute Gasteiger partial charge is 0.388 e. The van der Waals surface area contributed by atoms with Crippen LogP contribution in [0.1, 0.15) is 47.5 Å². The van der Waals surface area contributed by atoms with Gasteiger partial charge in [-0.2, -0.15) is 0 Å². The summed E-state index contributed by atoms with van der Waals surface area (Å²) in [6, 6.07) is 22.8. The summed E-state index contributed by atoms with van der Waals surface area (Å²) >= 11 is 5.66. The number of carbonyl (C=O) groups excluding carboxylic acids is 1. The van der Waals surface area contributed by atoms with Crippen molar-refractivity contribution >= 4 is 18.0 Å². The maximum Gasteiger partial charge on any atom is 0.168 e. The fourth-order valence-corrected chi connectivity index (χ4v) is 3.64. The van der Waals surface area contributed by atoms with Gasteiger partial charge in [0.15, 0.2) is 5.78 Å². The maximum absolute atomic E-state index is 12.7. The van der Waals surface area contributed by atoms with Gasteiger partial charge in [-0.1, -0.05) is 85.9 Å². The van der Waals surface area contributed by atoms with Gasteiger partial charge in [-0.05, 0) is 18.6 Å². The number of carbonyl (C=O) groups is 1. The molecule has 0 amide bonds. The average Bonchev–Trinajstić information content (AvgIpc) is 2.73. The molecule has 3 atom stereocenters. The minimum absolute atomic E-state index is 0.0333. The van der Waals surface area contributed by atoms with Gasteiger partial charge in [0, 0.05) is 23.2 Å². The van der Waals surface area contributed by atoms with E-state index >= 15 is 0 Å². The third-order valence-electron chi connectivity index (χ3n) is 4.97. The quantitative estimate of drug-likeness (QED) is 0.463. The summed E-state index contributed by atoms with van der Waals surface area (Å²) in [6.07, 6.45) is 0.959. The number of rotatable bonds is 6. The Morgan fingerprint density at radius 1 is 0.926 bits per heavy atom. The lowest BCUT2D eigenvalue weighted by Gasteiger charge is -2.22. The molecule has 2 aromatic carbocycles. The minimum Gasteiger partial charge on any atom is -0.388 e. The summed E-state index contributed by atoms with van der Waals surface area (Å²) in [7, 11) is 0. The highest BCUT2D eigenvalue weighted by Crippen LogP contribution is 2.28. The van der Waals surface area contributed by atoms with Crippen LogP contribution in [0.25, 0.3) is 0 Å². The Kier molecular flexibility index (Phi) is 5.99. The molecule has 27 heavy (non-hydrogen) atoms. The minimum atomic E-state index is -0.958. The number of nitrogens with zero attached hydrogens (tertiary/aromatic N) is 1. The summed E-state index contributed by atoms with van der Waals surface area (Å²) in [5.74, 6) is -0.680. The van der Waals surface area contributed by atoms with Crippen molar-refractivity contribution in [1.82, 2.24) is 4.57 Å². The molecular formula is C23H23NO2S. The molecule has 4 heteroatoms. The third-order valence-corrected chi connectivity index (χ3v) is 5.41. The molecule has 1 aromatic heterocycles. The number of aromatic nitrogens is 1. The smallest absolute Gasteiger partial charge is 0.168 e. The van der Waals surface area contributed by atoms with E-state index in [9.17, 15) is 9.90 Å². The van der Waals surface area contributed by atoms with E-state index in [1.807, 2.05) is 53.2 Å². The average molecular weight is 378 g/mol. The van der Waals surface area contributed by atoms with Gasteiger partial charge in [0.2, 0.25) is 0 Å². The van der Waals surface area contributed by atoms with Gasteiger partial charge in [0.05, 0.1) is 12.1 Å². The molecule has 0 spiro atoms. The molecule has 138 valence electrons. The number of pyridine rings is 1. The fourth-order valence-electron chi connectivity index (χ4n) is 3.23. The molecule has 0 radical (unpaired) electrons. The van der Waals surface area contributed by atoms with Crippen molar-refractivity contribution in [3.8, 4) is 0 Å². The van der Waals surface area contributed by atoms with Gasteiger partial charge in [0.1, 0.15) is 4.64 Å². The molecule has 0 saturated carbocycles.